The SMILES string of the molecule is O=c1ccc(C(=NOCCO)c2ccc(F)cc2F)cn1-c1c(Cl)cccc1Cl. The molecule has 3 aromatic rings. The Labute approximate surface area is 174 Å². The zero-order chi connectivity index (χ0) is 21.0. The van der Waals surface area contributed by atoms with E-state index in [0.717, 1.165) is 6.07 Å². The Balaban J connectivity index is 2.19. The van der Waals surface area contributed by atoms with E-state index in [-0.39, 0.29) is 45.8 Å². The van der Waals surface area contributed by atoms with Gasteiger partial charge < -0.3 is 9.94 Å². The molecular weight excluding hydrogens is 425 g/mol. The van der Waals surface area contributed by atoms with Crippen molar-refractivity contribution in [2.75, 3.05) is 13.2 Å². The van der Waals surface area contributed by atoms with Gasteiger partial charge in [0.05, 0.1) is 22.3 Å². The first kappa shape index (κ1) is 21.0. The molecule has 0 aliphatic heterocycles. The van der Waals surface area contributed by atoms with E-state index in [4.69, 9.17) is 33.1 Å². The van der Waals surface area contributed by atoms with Crippen molar-refractivity contribution in [3.05, 3.63) is 97.9 Å². The van der Waals surface area contributed by atoms with Crippen LogP contribution in [0.5, 0.6) is 0 Å². The Bertz CT molecular complexity index is 1110. The van der Waals surface area contributed by atoms with Crippen LogP contribution >= 0.6 is 23.2 Å². The van der Waals surface area contributed by atoms with E-state index in [1.807, 2.05) is 0 Å². The van der Waals surface area contributed by atoms with Crippen LogP contribution in [0.3, 0.4) is 0 Å². The second kappa shape index (κ2) is 9.17. The fraction of sp³-hybridized carbons (Fsp3) is 0.100. The molecule has 9 heteroatoms. The van der Waals surface area contributed by atoms with Gasteiger partial charge in [0.2, 0.25) is 0 Å². The number of aromatic nitrogens is 1. The summed E-state index contributed by atoms with van der Waals surface area (Å²) in [7, 11) is 0. The third kappa shape index (κ3) is 4.64. The highest BCUT2D eigenvalue weighted by atomic mass is 35.5. The van der Waals surface area contributed by atoms with Crippen LogP contribution in [0, 0.1) is 11.6 Å². The molecule has 0 saturated heterocycles. The van der Waals surface area contributed by atoms with E-state index in [1.165, 1.54) is 29.0 Å². The molecule has 0 fully saturated rings. The van der Waals surface area contributed by atoms with Crippen LogP contribution in [0.1, 0.15) is 11.1 Å². The smallest absolute Gasteiger partial charge is 0.255 e. The number of para-hydroxylation sites is 1. The number of rotatable bonds is 6. The number of halogens is 4. The summed E-state index contributed by atoms with van der Waals surface area (Å²) in [5.74, 6) is -1.63. The number of pyridine rings is 1. The molecular formula is C20H14Cl2F2N2O3. The number of benzene rings is 2. The molecule has 0 bridgehead atoms. The van der Waals surface area contributed by atoms with Gasteiger partial charge in [-0.3, -0.25) is 9.36 Å². The monoisotopic (exact) mass is 438 g/mol. The number of aliphatic hydroxyl groups is 1. The fourth-order valence-electron chi connectivity index (χ4n) is 2.61. The van der Waals surface area contributed by atoms with Crippen molar-refractivity contribution < 1.29 is 18.7 Å². The van der Waals surface area contributed by atoms with Gasteiger partial charge in [-0.25, -0.2) is 8.78 Å². The average molecular weight is 439 g/mol. The third-order valence-corrected chi connectivity index (χ3v) is 4.50. The number of nitrogens with zero attached hydrogens (tertiary/aromatic N) is 2. The van der Waals surface area contributed by atoms with E-state index in [2.05, 4.69) is 5.16 Å². The molecule has 0 spiro atoms. The molecule has 0 amide bonds. The fourth-order valence-corrected chi connectivity index (χ4v) is 3.19. The Hall–Kier alpha value is -2.74. The number of hydrogen-bond donors (Lipinski definition) is 1. The van der Waals surface area contributed by atoms with Gasteiger partial charge >= 0.3 is 0 Å². The Kier molecular flexibility index (Phi) is 6.64. The predicted octanol–water partition coefficient (Wildman–Crippen LogP) is 4.18. The summed E-state index contributed by atoms with van der Waals surface area (Å²) in [5, 5.41) is 13.2. The van der Waals surface area contributed by atoms with E-state index in [9.17, 15) is 13.6 Å². The van der Waals surface area contributed by atoms with Crippen molar-refractivity contribution in [1.29, 1.82) is 0 Å². The van der Waals surface area contributed by atoms with Gasteiger partial charge in [0.15, 0.2) is 0 Å². The van der Waals surface area contributed by atoms with Crippen molar-refractivity contribution in [3.63, 3.8) is 0 Å². The van der Waals surface area contributed by atoms with Gasteiger partial charge in [-0.05, 0) is 30.3 Å². The molecule has 0 aliphatic carbocycles. The summed E-state index contributed by atoms with van der Waals surface area (Å²) >= 11 is 12.4. The van der Waals surface area contributed by atoms with Crippen LogP contribution < -0.4 is 5.56 Å². The maximum Gasteiger partial charge on any atom is 0.255 e. The van der Waals surface area contributed by atoms with E-state index >= 15 is 0 Å². The Morgan fingerprint density at radius 1 is 1.10 bits per heavy atom. The normalized spacial score (nSPS) is 11.6. The zero-order valence-electron chi connectivity index (χ0n) is 14.8. The van der Waals surface area contributed by atoms with Crippen LogP contribution in [-0.2, 0) is 4.84 Å². The van der Waals surface area contributed by atoms with Gasteiger partial charge in [-0.2, -0.15) is 0 Å². The first-order valence-corrected chi connectivity index (χ1v) is 9.11. The van der Waals surface area contributed by atoms with Crippen molar-refractivity contribution in [2.45, 2.75) is 0 Å². The van der Waals surface area contributed by atoms with Gasteiger partial charge in [0, 0.05) is 29.5 Å². The molecule has 1 aromatic heterocycles. The number of oxime groups is 1. The minimum atomic E-state index is -0.870. The van der Waals surface area contributed by atoms with Crippen LogP contribution in [0.25, 0.3) is 5.69 Å². The van der Waals surface area contributed by atoms with Gasteiger partial charge in [0.25, 0.3) is 5.56 Å². The predicted molar refractivity (Wildman–Crippen MR) is 107 cm³/mol. The number of aliphatic hydroxyl groups excluding tert-OH is 1. The summed E-state index contributed by atoms with van der Waals surface area (Å²) in [6, 6.07) is 10.4. The standard InChI is InChI=1S/C20H14Cl2F2N2O3/c21-15-2-1-3-16(22)20(15)26-11-12(4-7-18(26)28)19(25-29-9-8-27)14-6-5-13(23)10-17(14)24/h1-7,10-11,27H,8-9H2. The molecule has 0 atom stereocenters. The van der Waals surface area contributed by atoms with Gasteiger partial charge in [0.1, 0.15) is 24.0 Å². The van der Waals surface area contributed by atoms with Gasteiger partial charge in [-0.15, -0.1) is 0 Å². The second-order valence-electron chi connectivity index (χ2n) is 5.82. The van der Waals surface area contributed by atoms with Crippen molar-refractivity contribution in [3.8, 4) is 5.69 Å². The topological polar surface area (TPSA) is 63.8 Å². The lowest BCUT2D eigenvalue weighted by atomic mass is 10.0. The van der Waals surface area contributed by atoms with Crippen molar-refractivity contribution >= 4 is 28.9 Å². The van der Waals surface area contributed by atoms with Crippen molar-refractivity contribution in [2.24, 2.45) is 5.16 Å². The highest BCUT2D eigenvalue weighted by Gasteiger charge is 2.17. The van der Waals surface area contributed by atoms with Crippen molar-refractivity contribution in [1.82, 2.24) is 4.57 Å². The summed E-state index contributed by atoms with van der Waals surface area (Å²) in [6.07, 6.45) is 1.37. The minimum absolute atomic E-state index is 0.00660. The quantitative estimate of drug-likeness (QED) is 0.356. The summed E-state index contributed by atoms with van der Waals surface area (Å²) in [4.78, 5) is 17.4. The third-order valence-electron chi connectivity index (χ3n) is 3.89. The van der Waals surface area contributed by atoms with Crippen LogP contribution in [-0.4, -0.2) is 28.6 Å². The number of hydrogen-bond acceptors (Lipinski definition) is 4. The molecule has 5 nitrogen and oxygen atoms in total. The molecule has 0 unspecified atom stereocenters. The highest BCUT2D eigenvalue weighted by molar-refractivity contribution is 6.37. The minimum Gasteiger partial charge on any atom is -0.393 e. The highest BCUT2D eigenvalue weighted by Crippen LogP contribution is 2.27. The Morgan fingerprint density at radius 2 is 1.83 bits per heavy atom. The molecule has 1 heterocycles. The molecule has 150 valence electrons. The van der Waals surface area contributed by atoms with Gasteiger partial charge in [-0.1, -0.05) is 34.4 Å². The van der Waals surface area contributed by atoms with Crippen LogP contribution in [0.15, 0.2) is 64.7 Å². The van der Waals surface area contributed by atoms with Crippen LogP contribution in [0.2, 0.25) is 10.0 Å². The lowest BCUT2D eigenvalue weighted by Gasteiger charge is -2.13. The largest absolute Gasteiger partial charge is 0.393 e. The maximum atomic E-state index is 14.4. The average Bonchev–Trinajstić information content (AvgIpc) is 2.67. The molecule has 3 rings (SSSR count). The molecule has 0 saturated carbocycles. The molecule has 0 radical (unpaired) electrons. The van der Waals surface area contributed by atoms with Crippen LogP contribution in [0.4, 0.5) is 8.78 Å². The van der Waals surface area contributed by atoms with E-state index < -0.39 is 17.2 Å². The zero-order valence-corrected chi connectivity index (χ0v) is 16.3. The second-order valence-corrected chi connectivity index (χ2v) is 6.63. The lowest BCUT2D eigenvalue weighted by Crippen LogP contribution is -2.20. The van der Waals surface area contributed by atoms with E-state index in [0.29, 0.717) is 6.07 Å². The molecule has 0 aliphatic rings. The molecule has 29 heavy (non-hydrogen) atoms. The lowest BCUT2D eigenvalue weighted by molar-refractivity contribution is 0.0988. The van der Waals surface area contributed by atoms with E-state index in [1.54, 1.807) is 18.2 Å². The summed E-state index contributed by atoms with van der Waals surface area (Å²) in [5.41, 5.74) is 0.0357. The first-order chi connectivity index (χ1) is 13.9. The maximum absolute atomic E-state index is 14.4. The molecule has 1 N–H and O–H groups in total. The Morgan fingerprint density at radius 3 is 2.48 bits per heavy atom. The molecule has 2 aromatic carbocycles. The summed E-state index contributed by atoms with van der Waals surface area (Å²) < 4.78 is 28.9. The summed E-state index contributed by atoms with van der Waals surface area (Å²) in [6.45, 7) is -0.445. The first-order valence-electron chi connectivity index (χ1n) is 8.36.